The van der Waals surface area contributed by atoms with E-state index in [0.29, 0.717) is 11.8 Å². The van der Waals surface area contributed by atoms with Gasteiger partial charge in [-0.05, 0) is 51.5 Å². The van der Waals surface area contributed by atoms with E-state index in [9.17, 15) is 4.79 Å². The van der Waals surface area contributed by atoms with Gasteiger partial charge >= 0.3 is 0 Å². The van der Waals surface area contributed by atoms with Gasteiger partial charge in [0.25, 0.3) is 5.91 Å². The zero-order chi connectivity index (χ0) is 18.9. The van der Waals surface area contributed by atoms with Gasteiger partial charge in [0.1, 0.15) is 5.76 Å². The molecule has 0 bridgehead atoms. The fraction of sp³-hybridized carbons (Fsp3) is 0.810. The molecule has 3 saturated heterocycles. The molecule has 2 atom stereocenters. The number of ether oxygens (including phenoxy) is 1. The van der Waals surface area contributed by atoms with E-state index < -0.39 is 0 Å². The number of aromatic nitrogens is 1. The molecule has 4 heterocycles. The largest absolute Gasteiger partial charge is 0.377 e. The molecule has 6 heteroatoms. The Morgan fingerprint density at radius 3 is 2.74 bits per heavy atom. The van der Waals surface area contributed by atoms with Gasteiger partial charge in [0.2, 0.25) is 0 Å². The second-order valence-electron chi connectivity index (χ2n) is 8.84. The third-order valence-corrected chi connectivity index (χ3v) is 6.65. The Morgan fingerprint density at radius 1 is 1.22 bits per heavy atom. The maximum atomic E-state index is 13.2. The number of carbonyl (C=O) groups excluding carboxylic acids is 1. The number of hydrogen-bond acceptors (Lipinski definition) is 5. The van der Waals surface area contributed by atoms with Crippen LogP contribution in [0.2, 0.25) is 0 Å². The smallest absolute Gasteiger partial charge is 0.276 e. The molecule has 3 fully saturated rings. The predicted molar refractivity (Wildman–Crippen MR) is 103 cm³/mol. The predicted octanol–water partition coefficient (Wildman–Crippen LogP) is 3.44. The average molecular weight is 376 g/mol. The molecule has 27 heavy (non-hydrogen) atoms. The first-order valence-electron chi connectivity index (χ1n) is 10.7. The van der Waals surface area contributed by atoms with Gasteiger partial charge in [-0.25, -0.2) is 0 Å². The van der Waals surface area contributed by atoms with E-state index in [4.69, 9.17) is 9.26 Å². The monoisotopic (exact) mass is 375 g/mol. The molecule has 2 unspecified atom stereocenters. The first-order chi connectivity index (χ1) is 13.1. The molecule has 6 nitrogen and oxygen atoms in total. The molecule has 3 aliphatic rings. The van der Waals surface area contributed by atoms with E-state index in [1.807, 2.05) is 6.07 Å². The maximum Gasteiger partial charge on any atom is 0.276 e. The molecule has 0 aromatic carbocycles. The minimum absolute atomic E-state index is 0.000684. The van der Waals surface area contributed by atoms with Crippen molar-refractivity contribution in [2.45, 2.75) is 76.4 Å². The molecule has 0 radical (unpaired) electrons. The molecule has 1 amide bonds. The molecule has 0 saturated carbocycles. The van der Waals surface area contributed by atoms with Crippen molar-refractivity contribution < 1.29 is 14.1 Å². The summed E-state index contributed by atoms with van der Waals surface area (Å²) in [6.45, 7) is 9.09. The average Bonchev–Trinajstić information content (AvgIpc) is 3.37. The van der Waals surface area contributed by atoms with Crippen molar-refractivity contribution in [1.29, 1.82) is 0 Å². The molecule has 1 aromatic rings. The molecule has 1 spiro atoms. The van der Waals surface area contributed by atoms with Crippen LogP contribution >= 0.6 is 0 Å². The molecule has 3 aliphatic heterocycles. The summed E-state index contributed by atoms with van der Waals surface area (Å²) in [5.74, 6) is 1.08. The highest BCUT2D eigenvalue weighted by Gasteiger charge is 2.45. The quantitative estimate of drug-likeness (QED) is 0.807. The normalized spacial score (nSPS) is 29.7. The third kappa shape index (κ3) is 3.92. The van der Waals surface area contributed by atoms with Crippen LogP contribution in [0.3, 0.4) is 0 Å². The number of nitrogens with zero attached hydrogens (tertiary/aromatic N) is 3. The Balaban J connectivity index is 1.43. The van der Waals surface area contributed by atoms with Gasteiger partial charge in [-0.1, -0.05) is 19.0 Å². The SMILES string of the molecule is CC(C)c1cc(C(=O)N2CCCC23CCCN(CC2CCCO2)CC3)no1. The lowest BCUT2D eigenvalue weighted by Gasteiger charge is -2.38. The first-order valence-corrected chi connectivity index (χ1v) is 10.7. The van der Waals surface area contributed by atoms with Crippen LogP contribution in [0.15, 0.2) is 10.6 Å². The topological polar surface area (TPSA) is 58.8 Å². The minimum atomic E-state index is -0.000684. The Bertz CT molecular complexity index is 653. The summed E-state index contributed by atoms with van der Waals surface area (Å²) in [6, 6.07) is 1.83. The summed E-state index contributed by atoms with van der Waals surface area (Å²) in [5.41, 5.74) is 0.472. The zero-order valence-electron chi connectivity index (χ0n) is 16.8. The Morgan fingerprint density at radius 2 is 2.04 bits per heavy atom. The number of rotatable bonds is 4. The number of carbonyl (C=O) groups is 1. The fourth-order valence-corrected chi connectivity index (χ4v) is 5.07. The van der Waals surface area contributed by atoms with E-state index in [2.05, 4.69) is 28.8 Å². The van der Waals surface area contributed by atoms with E-state index in [0.717, 1.165) is 70.7 Å². The summed E-state index contributed by atoms with van der Waals surface area (Å²) < 4.78 is 11.2. The molecular formula is C21H33N3O3. The van der Waals surface area contributed by atoms with Gasteiger partial charge in [-0.15, -0.1) is 0 Å². The van der Waals surface area contributed by atoms with E-state index in [1.54, 1.807) is 0 Å². The highest BCUT2D eigenvalue weighted by molar-refractivity contribution is 5.93. The van der Waals surface area contributed by atoms with Crippen LogP contribution in [0, 0.1) is 0 Å². The number of amides is 1. The maximum absolute atomic E-state index is 13.2. The van der Waals surface area contributed by atoms with Crippen LogP contribution in [0.4, 0.5) is 0 Å². The van der Waals surface area contributed by atoms with Crippen LogP contribution in [0.1, 0.15) is 81.0 Å². The van der Waals surface area contributed by atoms with Crippen molar-refractivity contribution in [3.05, 3.63) is 17.5 Å². The van der Waals surface area contributed by atoms with Crippen LogP contribution in [0.5, 0.6) is 0 Å². The molecule has 4 rings (SSSR count). The molecule has 0 N–H and O–H groups in total. The van der Waals surface area contributed by atoms with Crippen molar-refractivity contribution in [3.63, 3.8) is 0 Å². The number of hydrogen-bond donors (Lipinski definition) is 0. The van der Waals surface area contributed by atoms with Crippen LogP contribution in [-0.4, -0.2) is 65.3 Å². The Hall–Kier alpha value is -1.40. The van der Waals surface area contributed by atoms with Gasteiger partial charge in [0, 0.05) is 43.8 Å². The minimum Gasteiger partial charge on any atom is -0.377 e. The van der Waals surface area contributed by atoms with E-state index >= 15 is 0 Å². The summed E-state index contributed by atoms with van der Waals surface area (Å²) in [4.78, 5) is 17.9. The number of likely N-dealkylation sites (tertiary alicyclic amines) is 2. The Kier molecular flexibility index (Phi) is 5.55. The highest BCUT2D eigenvalue weighted by Crippen LogP contribution is 2.39. The van der Waals surface area contributed by atoms with Gasteiger partial charge in [-0.2, -0.15) is 0 Å². The van der Waals surface area contributed by atoms with Crippen LogP contribution < -0.4 is 0 Å². The lowest BCUT2D eigenvalue weighted by atomic mass is 9.87. The first kappa shape index (κ1) is 18.9. The van der Waals surface area contributed by atoms with Gasteiger partial charge < -0.3 is 19.1 Å². The van der Waals surface area contributed by atoms with E-state index in [-0.39, 0.29) is 17.4 Å². The molecular weight excluding hydrogens is 342 g/mol. The van der Waals surface area contributed by atoms with Gasteiger partial charge in [-0.3, -0.25) is 4.79 Å². The zero-order valence-corrected chi connectivity index (χ0v) is 16.8. The second kappa shape index (κ2) is 7.92. The molecule has 1 aromatic heterocycles. The van der Waals surface area contributed by atoms with Crippen molar-refractivity contribution in [2.75, 3.05) is 32.8 Å². The molecule has 0 aliphatic carbocycles. The molecule has 150 valence electrons. The fourth-order valence-electron chi connectivity index (χ4n) is 5.07. The summed E-state index contributed by atoms with van der Waals surface area (Å²) in [7, 11) is 0. The third-order valence-electron chi connectivity index (χ3n) is 6.65. The summed E-state index contributed by atoms with van der Waals surface area (Å²) >= 11 is 0. The van der Waals surface area contributed by atoms with Crippen molar-refractivity contribution in [1.82, 2.24) is 15.0 Å². The second-order valence-corrected chi connectivity index (χ2v) is 8.84. The van der Waals surface area contributed by atoms with Crippen molar-refractivity contribution >= 4 is 5.91 Å². The highest BCUT2D eigenvalue weighted by atomic mass is 16.5. The van der Waals surface area contributed by atoms with Gasteiger partial charge in [0.05, 0.1) is 6.10 Å². The Labute approximate surface area is 162 Å². The van der Waals surface area contributed by atoms with Crippen molar-refractivity contribution in [2.24, 2.45) is 0 Å². The van der Waals surface area contributed by atoms with Crippen molar-refractivity contribution in [3.8, 4) is 0 Å². The van der Waals surface area contributed by atoms with Gasteiger partial charge in [0.15, 0.2) is 5.69 Å². The van der Waals surface area contributed by atoms with Crippen LogP contribution in [-0.2, 0) is 4.74 Å². The standard InChI is InChI=1S/C21H33N3O3/c1-16(2)19-14-18(22-27-19)20(25)24-11-5-8-21(24)7-4-10-23(12-9-21)15-17-6-3-13-26-17/h14,16-17H,3-13,15H2,1-2H3. The summed E-state index contributed by atoms with van der Waals surface area (Å²) in [6.07, 6.45) is 8.29. The summed E-state index contributed by atoms with van der Waals surface area (Å²) in [5, 5.41) is 4.07. The lowest BCUT2D eigenvalue weighted by molar-refractivity contribution is 0.0527. The van der Waals surface area contributed by atoms with E-state index in [1.165, 1.54) is 12.8 Å². The van der Waals surface area contributed by atoms with Crippen LogP contribution in [0.25, 0.3) is 0 Å². The lowest BCUT2D eigenvalue weighted by Crippen LogP contribution is -2.48.